The Morgan fingerprint density at radius 1 is 1.40 bits per heavy atom. The zero-order valence-electron chi connectivity index (χ0n) is 8.14. The van der Waals surface area contributed by atoms with Gasteiger partial charge in [-0.1, -0.05) is 11.6 Å². The molecule has 0 fully saturated rings. The first-order chi connectivity index (χ1) is 7.25. The van der Waals surface area contributed by atoms with Crippen LogP contribution >= 0.6 is 22.9 Å². The van der Waals surface area contributed by atoms with Gasteiger partial charge in [-0.3, -0.25) is 4.98 Å². The van der Waals surface area contributed by atoms with Gasteiger partial charge in [-0.2, -0.15) is 0 Å². The van der Waals surface area contributed by atoms with E-state index in [0.717, 1.165) is 10.7 Å². The summed E-state index contributed by atoms with van der Waals surface area (Å²) in [5, 5.41) is 3.68. The molecular weight excluding hydrogens is 228 g/mol. The van der Waals surface area contributed by atoms with Crippen LogP contribution in [0.25, 0.3) is 0 Å². The largest absolute Gasteiger partial charge is 0.254 e. The SMILES string of the molecule is Cc1ccsc1/N=C/c1ccc(Cl)cn1. The molecule has 0 amide bonds. The highest BCUT2D eigenvalue weighted by atomic mass is 35.5. The first kappa shape index (κ1) is 10.3. The quantitative estimate of drug-likeness (QED) is 0.727. The first-order valence-electron chi connectivity index (χ1n) is 4.45. The Kier molecular flexibility index (Phi) is 3.14. The third-order valence-electron chi connectivity index (χ3n) is 1.90. The lowest BCUT2D eigenvalue weighted by molar-refractivity contribution is 1.30. The van der Waals surface area contributed by atoms with Crippen LogP contribution in [0.4, 0.5) is 5.00 Å². The van der Waals surface area contributed by atoms with E-state index in [0.29, 0.717) is 5.02 Å². The second-order valence-corrected chi connectivity index (χ2v) is 4.40. The maximum absolute atomic E-state index is 5.73. The summed E-state index contributed by atoms with van der Waals surface area (Å²) < 4.78 is 0. The molecule has 0 atom stereocenters. The summed E-state index contributed by atoms with van der Waals surface area (Å²) in [6.07, 6.45) is 3.36. The maximum atomic E-state index is 5.73. The van der Waals surface area contributed by atoms with Crippen molar-refractivity contribution in [3.8, 4) is 0 Å². The average molecular weight is 237 g/mol. The molecule has 0 aliphatic rings. The summed E-state index contributed by atoms with van der Waals surface area (Å²) in [6.45, 7) is 2.04. The molecule has 2 nitrogen and oxygen atoms in total. The van der Waals surface area contributed by atoms with Crippen LogP contribution in [0.3, 0.4) is 0 Å². The van der Waals surface area contributed by atoms with Crippen molar-refractivity contribution in [1.82, 2.24) is 4.98 Å². The van der Waals surface area contributed by atoms with Gasteiger partial charge in [0.25, 0.3) is 0 Å². The number of aryl methyl sites for hydroxylation is 1. The highest BCUT2D eigenvalue weighted by Crippen LogP contribution is 2.24. The molecule has 2 aromatic heterocycles. The molecule has 0 N–H and O–H groups in total. The minimum atomic E-state index is 0.638. The zero-order chi connectivity index (χ0) is 10.7. The van der Waals surface area contributed by atoms with E-state index in [1.807, 2.05) is 24.4 Å². The summed E-state index contributed by atoms with van der Waals surface area (Å²) in [4.78, 5) is 8.48. The van der Waals surface area contributed by atoms with Gasteiger partial charge in [0.2, 0.25) is 0 Å². The molecule has 76 valence electrons. The van der Waals surface area contributed by atoms with Gasteiger partial charge in [0.1, 0.15) is 5.00 Å². The molecule has 0 aliphatic heterocycles. The predicted molar refractivity (Wildman–Crippen MR) is 65.6 cm³/mol. The minimum absolute atomic E-state index is 0.638. The lowest BCUT2D eigenvalue weighted by Crippen LogP contribution is -1.84. The Balaban J connectivity index is 2.19. The Morgan fingerprint density at radius 2 is 2.27 bits per heavy atom. The van der Waals surface area contributed by atoms with Crippen molar-refractivity contribution in [2.75, 3.05) is 0 Å². The van der Waals surface area contributed by atoms with Crippen LogP contribution in [0.15, 0.2) is 34.8 Å². The first-order valence-corrected chi connectivity index (χ1v) is 5.71. The fourth-order valence-corrected chi connectivity index (χ4v) is 1.97. The van der Waals surface area contributed by atoms with Crippen molar-refractivity contribution in [2.24, 2.45) is 4.99 Å². The Morgan fingerprint density at radius 3 is 2.87 bits per heavy atom. The number of thiophene rings is 1. The summed E-state index contributed by atoms with van der Waals surface area (Å²) in [7, 11) is 0. The number of hydrogen-bond donors (Lipinski definition) is 0. The smallest absolute Gasteiger partial charge is 0.118 e. The van der Waals surface area contributed by atoms with Gasteiger partial charge >= 0.3 is 0 Å². The van der Waals surface area contributed by atoms with E-state index in [9.17, 15) is 0 Å². The van der Waals surface area contributed by atoms with Crippen LogP contribution in [-0.2, 0) is 0 Å². The third-order valence-corrected chi connectivity index (χ3v) is 3.05. The second kappa shape index (κ2) is 4.55. The van der Waals surface area contributed by atoms with Crippen molar-refractivity contribution < 1.29 is 0 Å². The lowest BCUT2D eigenvalue weighted by atomic mass is 10.3. The Labute approximate surface area is 97.3 Å². The fourth-order valence-electron chi connectivity index (χ4n) is 1.09. The molecule has 2 rings (SSSR count). The van der Waals surface area contributed by atoms with Crippen molar-refractivity contribution >= 4 is 34.2 Å². The highest BCUT2D eigenvalue weighted by molar-refractivity contribution is 7.14. The molecule has 15 heavy (non-hydrogen) atoms. The molecule has 2 heterocycles. The van der Waals surface area contributed by atoms with Gasteiger partial charge in [0, 0.05) is 6.20 Å². The van der Waals surface area contributed by atoms with Gasteiger partial charge in [0.15, 0.2) is 0 Å². The molecular formula is C11H9ClN2S. The highest BCUT2D eigenvalue weighted by Gasteiger charge is 1.95. The predicted octanol–water partition coefficient (Wildman–Crippen LogP) is 3.86. The molecule has 0 spiro atoms. The van der Waals surface area contributed by atoms with E-state index < -0.39 is 0 Å². The third kappa shape index (κ3) is 2.64. The number of aromatic nitrogens is 1. The molecule has 0 unspecified atom stereocenters. The average Bonchev–Trinajstić information content (AvgIpc) is 2.63. The van der Waals surface area contributed by atoms with Gasteiger partial charge in [-0.05, 0) is 36.1 Å². The van der Waals surface area contributed by atoms with Crippen molar-refractivity contribution in [3.05, 3.63) is 46.1 Å². The molecule has 0 saturated carbocycles. The lowest BCUT2D eigenvalue weighted by Gasteiger charge is -1.92. The van der Waals surface area contributed by atoms with E-state index in [1.165, 1.54) is 5.56 Å². The van der Waals surface area contributed by atoms with E-state index in [2.05, 4.69) is 9.98 Å². The van der Waals surface area contributed by atoms with E-state index in [-0.39, 0.29) is 0 Å². The fraction of sp³-hybridized carbons (Fsp3) is 0.0909. The summed E-state index contributed by atoms with van der Waals surface area (Å²) in [6, 6.07) is 5.69. The minimum Gasteiger partial charge on any atom is -0.254 e. The van der Waals surface area contributed by atoms with Gasteiger partial charge in [-0.15, -0.1) is 11.3 Å². The summed E-state index contributed by atoms with van der Waals surface area (Å²) >= 11 is 7.35. The Hall–Kier alpha value is -1.19. The van der Waals surface area contributed by atoms with Crippen molar-refractivity contribution in [2.45, 2.75) is 6.92 Å². The van der Waals surface area contributed by atoms with Crippen LogP contribution < -0.4 is 0 Å². The second-order valence-electron chi connectivity index (χ2n) is 3.07. The number of rotatable bonds is 2. The molecule has 0 aromatic carbocycles. The van der Waals surface area contributed by atoms with Crippen LogP contribution in [0.1, 0.15) is 11.3 Å². The number of pyridine rings is 1. The molecule has 4 heteroatoms. The standard InChI is InChI=1S/C11H9ClN2S/c1-8-4-5-15-11(8)14-7-10-3-2-9(12)6-13-10/h2-7H,1H3/b14-7+. The zero-order valence-corrected chi connectivity index (χ0v) is 9.72. The monoisotopic (exact) mass is 236 g/mol. The molecule has 0 radical (unpaired) electrons. The number of nitrogens with zero attached hydrogens (tertiary/aromatic N) is 2. The maximum Gasteiger partial charge on any atom is 0.118 e. The van der Waals surface area contributed by atoms with Crippen molar-refractivity contribution in [3.63, 3.8) is 0 Å². The number of halogens is 1. The van der Waals surface area contributed by atoms with Gasteiger partial charge in [0.05, 0.1) is 16.9 Å². The number of aliphatic imine (C=N–C) groups is 1. The summed E-state index contributed by atoms with van der Waals surface area (Å²) in [5.74, 6) is 0. The molecule has 0 aliphatic carbocycles. The van der Waals surface area contributed by atoms with E-state index in [4.69, 9.17) is 11.6 Å². The van der Waals surface area contributed by atoms with Gasteiger partial charge in [-0.25, -0.2) is 4.99 Å². The van der Waals surface area contributed by atoms with Gasteiger partial charge < -0.3 is 0 Å². The van der Waals surface area contributed by atoms with E-state index >= 15 is 0 Å². The van der Waals surface area contributed by atoms with Crippen LogP contribution in [0.5, 0.6) is 0 Å². The van der Waals surface area contributed by atoms with Crippen LogP contribution in [0, 0.1) is 6.92 Å². The molecule has 0 saturated heterocycles. The van der Waals surface area contributed by atoms with Crippen LogP contribution in [0.2, 0.25) is 5.02 Å². The van der Waals surface area contributed by atoms with Crippen LogP contribution in [-0.4, -0.2) is 11.2 Å². The number of hydrogen-bond acceptors (Lipinski definition) is 3. The molecule has 0 bridgehead atoms. The van der Waals surface area contributed by atoms with Crippen molar-refractivity contribution in [1.29, 1.82) is 0 Å². The topological polar surface area (TPSA) is 25.2 Å². The van der Waals surface area contributed by atoms with E-state index in [1.54, 1.807) is 29.8 Å². The molecule has 2 aromatic rings. The Bertz CT molecular complexity index is 474. The summed E-state index contributed by atoms with van der Waals surface area (Å²) in [5.41, 5.74) is 2.00. The normalized spacial score (nSPS) is 11.1.